The Bertz CT molecular complexity index is 1950. The number of halogens is 2. The molecule has 46 heavy (non-hydrogen) atoms. The molecule has 0 bridgehead atoms. The van der Waals surface area contributed by atoms with E-state index in [2.05, 4.69) is 41.4 Å². The molecule has 0 saturated carbocycles. The van der Waals surface area contributed by atoms with E-state index in [0.29, 0.717) is 29.4 Å². The van der Waals surface area contributed by atoms with Gasteiger partial charge in [-0.2, -0.15) is 0 Å². The molecular formula is C33H32BrFN8O2S. The minimum Gasteiger partial charge on any atom is -0.356 e. The molecule has 236 valence electrons. The number of rotatable bonds is 6. The molecule has 5 heterocycles. The van der Waals surface area contributed by atoms with Gasteiger partial charge in [0, 0.05) is 41.0 Å². The largest absolute Gasteiger partial charge is 0.356 e. The maximum absolute atomic E-state index is 15.1. The molecule has 1 N–H and O–H groups in total. The lowest BCUT2D eigenvalue weighted by molar-refractivity contribution is -0.123. The van der Waals surface area contributed by atoms with Crippen LogP contribution in [-0.2, 0) is 4.79 Å². The number of nitrogens with one attached hydrogen (secondary N) is 1. The fraction of sp³-hybridized carbons (Fsp3) is 0.333. The Kier molecular flexibility index (Phi) is 8.28. The van der Waals surface area contributed by atoms with Gasteiger partial charge in [0.05, 0.1) is 16.5 Å². The first kappa shape index (κ1) is 30.4. The van der Waals surface area contributed by atoms with Crippen LogP contribution in [0.2, 0.25) is 0 Å². The lowest BCUT2D eigenvalue weighted by atomic mass is 10.0. The van der Waals surface area contributed by atoms with Gasteiger partial charge in [0.15, 0.2) is 0 Å². The fourth-order valence-corrected chi connectivity index (χ4v) is 7.67. The van der Waals surface area contributed by atoms with Crippen molar-refractivity contribution < 1.29 is 14.0 Å². The number of benzene rings is 2. The van der Waals surface area contributed by atoms with E-state index in [-0.39, 0.29) is 23.1 Å². The Morgan fingerprint density at radius 1 is 1.02 bits per heavy atom. The minimum absolute atomic E-state index is 0.0893. The summed E-state index contributed by atoms with van der Waals surface area (Å²) >= 11 is 4.78. The maximum atomic E-state index is 15.1. The van der Waals surface area contributed by atoms with E-state index in [1.807, 2.05) is 38.1 Å². The van der Waals surface area contributed by atoms with E-state index >= 15 is 4.39 Å². The molecule has 13 heteroatoms. The summed E-state index contributed by atoms with van der Waals surface area (Å²) in [5, 5.41) is 12.3. The number of nitrogens with zero attached hydrogens (tertiary/aromatic N) is 7. The zero-order valence-corrected chi connectivity index (χ0v) is 27.9. The van der Waals surface area contributed by atoms with Gasteiger partial charge in [-0.3, -0.25) is 9.59 Å². The second-order valence-corrected chi connectivity index (χ2v) is 13.7. The standard InChI is InChI=1S/C33H32BrFN8O2S/c1-19-28-30(41-14-4-3-5-15-41)36-20(2)37-32(28)46-29(19)31(44)38-22-10-13-25(35)24(17-22)26-18-43(40-39-26)27-7-6-16-42(33(27)45)23-11-8-21(34)9-12-23/h8-13,17-18,27H,3-7,14-16H2,1-2H3,(H,38,44). The molecule has 2 saturated heterocycles. The fourth-order valence-electron chi connectivity index (χ4n) is 6.29. The van der Waals surface area contributed by atoms with Gasteiger partial charge in [0.1, 0.15) is 34.0 Å². The van der Waals surface area contributed by atoms with E-state index in [9.17, 15) is 9.59 Å². The van der Waals surface area contributed by atoms with Crippen LogP contribution in [0.15, 0.2) is 53.1 Å². The number of hydrogen-bond acceptors (Lipinski definition) is 8. The molecule has 0 spiro atoms. The van der Waals surface area contributed by atoms with Crippen LogP contribution in [0.25, 0.3) is 21.5 Å². The topological polar surface area (TPSA) is 109 Å². The van der Waals surface area contributed by atoms with Crippen LogP contribution in [0.4, 0.5) is 21.6 Å². The molecule has 2 aliphatic rings. The predicted molar refractivity (Wildman–Crippen MR) is 181 cm³/mol. The SMILES string of the molecule is Cc1nc(N2CCCCC2)c2c(C)c(C(=O)Nc3ccc(F)c(-c4cn(C5CCCN(c6ccc(Br)cc6)C5=O)nn4)c3)sc2n1. The van der Waals surface area contributed by atoms with E-state index in [1.54, 1.807) is 17.2 Å². The Morgan fingerprint density at radius 3 is 2.59 bits per heavy atom. The van der Waals surface area contributed by atoms with Crippen molar-refractivity contribution in [1.29, 1.82) is 0 Å². The molecule has 10 nitrogen and oxygen atoms in total. The summed E-state index contributed by atoms with van der Waals surface area (Å²) in [5.74, 6) is 0.664. The molecule has 1 unspecified atom stereocenters. The molecule has 5 aromatic rings. The Morgan fingerprint density at radius 2 is 1.80 bits per heavy atom. The summed E-state index contributed by atoms with van der Waals surface area (Å²) in [6.45, 7) is 6.28. The number of amides is 2. The van der Waals surface area contributed by atoms with Crippen molar-refractivity contribution in [3.63, 3.8) is 0 Å². The molecule has 0 radical (unpaired) electrons. The van der Waals surface area contributed by atoms with Crippen molar-refractivity contribution in [1.82, 2.24) is 25.0 Å². The zero-order chi connectivity index (χ0) is 31.9. The molecule has 2 fully saturated rings. The molecule has 3 aromatic heterocycles. The van der Waals surface area contributed by atoms with Gasteiger partial charge in [0.2, 0.25) is 0 Å². The van der Waals surface area contributed by atoms with Gasteiger partial charge < -0.3 is 15.1 Å². The van der Waals surface area contributed by atoms with Crippen molar-refractivity contribution in [2.24, 2.45) is 0 Å². The average molecular weight is 704 g/mol. The number of carbonyl (C=O) groups is 2. The van der Waals surface area contributed by atoms with Gasteiger partial charge in [0.25, 0.3) is 11.8 Å². The molecule has 2 aromatic carbocycles. The number of hydrogen-bond donors (Lipinski definition) is 1. The molecule has 1 atom stereocenters. The summed E-state index contributed by atoms with van der Waals surface area (Å²) in [5.41, 5.74) is 2.52. The van der Waals surface area contributed by atoms with Gasteiger partial charge in [-0.1, -0.05) is 21.1 Å². The summed E-state index contributed by atoms with van der Waals surface area (Å²) in [7, 11) is 0. The van der Waals surface area contributed by atoms with Crippen LogP contribution >= 0.6 is 27.3 Å². The number of aryl methyl sites for hydroxylation is 2. The van der Waals surface area contributed by atoms with Crippen LogP contribution in [0, 0.1) is 19.7 Å². The normalized spacial score (nSPS) is 17.1. The smallest absolute Gasteiger partial charge is 0.266 e. The second kappa shape index (κ2) is 12.5. The quantitative estimate of drug-likeness (QED) is 0.201. The highest BCUT2D eigenvalue weighted by Gasteiger charge is 2.32. The number of carbonyl (C=O) groups excluding carboxylic acids is 2. The third-order valence-corrected chi connectivity index (χ3v) is 10.3. The van der Waals surface area contributed by atoms with Crippen LogP contribution in [-0.4, -0.2) is 56.4 Å². The molecular weight excluding hydrogens is 671 g/mol. The average Bonchev–Trinajstić information content (AvgIpc) is 3.67. The first-order valence-electron chi connectivity index (χ1n) is 15.4. The first-order valence-corrected chi connectivity index (χ1v) is 17.0. The van der Waals surface area contributed by atoms with Gasteiger partial charge >= 0.3 is 0 Å². The molecule has 2 amide bonds. The lowest BCUT2D eigenvalue weighted by Gasteiger charge is -2.32. The minimum atomic E-state index is -0.554. The number of anilines is 3. The van der Waals surface area contributed by atoms with Crippen LogP contribution in [0.3, 0.4) is 0 Å². The van der Waals surface area contributed by atoms with Crippen molar-refractivity contribution in [3.05, 3.63) is 75.2 Å². The van der Waals surface area contributed by atoms with Crippen molar-refractivity contribution in [2.45, 2.75) is 52.0 Å². The van der Waals surface area contributed by atoms with Crippen LogP contribution < -0.4 is 15.1 Å². The lowest BCUT2D eigenvalue weighted by Crippen LogP contribution is -2.42. The third-order valence-electron chi connectivity index (χ3n) is 8.62. The third kappa shape index (κ3) is 5.77. The van der Waals surface area contributed by atoms with E-state index in [1.165, 1.54) is 34.6 Å². The molecule has 2 aliphatic heterocycles. The monoisotopic (exact) mass is 702 g/mol. The second-order valence-electron chi connectivity index (χ2n) is 11.7. The number of aromatic nitrogens is 5. The number of thiophene rings is 1. The van der Waals surface area contributed by atoms with Gasteiger partial charge in [-0.05, 0) is 94.0 Å². The zero-order valence-electron chi connectivity index (χ0n) is 25.5. The summed E-state index contributed by atoms with van der Waals surface area (Å²) in [4.78, 5) is 41.8. The van der Waals surface area contributed by atoms with Gasteiger partial charge in [-0.25, -0.2) is 19.0 Å². The number of piperidine rings is 2. The summed E-state index contributed by atoms with van der Waals surface area (Å²) in [6, 6.07) is 11.4. The first-order chi connectivity index (χ1) is 22.3. The summed E-state index contributed by atoms with van der Waals surface area (Å²) < 4.78 is 17.6. The van der Waals surface area contributed by atoms with E-state index in [0.717, 1.165) is 64.1 Å². The highest BCUT2D eigenvalue weighted by Crippen LogP contribution is 2.37. The van der Waals surface area contributed by atoms with E-state index in [4.69, 9.17) is 4.98 Å². The van der Waals surface area contributed by atoms with Crippen molar-refractivity contribution in [3.8, 4) is 11.3 Å². The van der Waals surface area contributed by atoms with E-state index < -0.39 is 11.9 Å². The van der Waals surface area contributed by atoms with Crippen molar-refractivity contribution in [2.75, 3.05) is 34.8 Å². The predicted octanol–water partition coefficient (Wildman–Crippen LogP) is 7.08. The summed E-state index contributed by atoms with van der Waals surface area (Å²) in [6.07, 6.45) is 6.42. The maximum Gasteiger partial charge on any atom is 0.266 e. The highest BCUT2D eigenvalue weighted by atomic mass is 79.9. The number of fused-ring (bicyclic) bond motifs is 1. The van der Waals surface area contributed by atoms with Crippen LogP contribution in [0.1, 0.15) is 59.2 Å². The molecule has 7 rings (SSSR count). The Balaban J connectivity index is 1.13. The Hall–Kier alpha value is -4.23. The Labute approximate surface area is 277 Å². The van der Waals surface area contributed by atoms with Gasteiger partial charge in [-0.15, -0.1) is 16.4 Å². The highest BCUT2D eigenvalue weighted by molar-refractivity contribution is 9.10. The van der Waals surface area contributed by atoms with Crippen molar-refractivity contribution >= 4 is 66.5 Å². The molecule has 0 aliphatic carbocycles. The van der Waals surface area contributed by atoms with Crippen LogP contribution in [0.5, 0.6) is 0 Å².